The topological polar surface area (TPSA) is 29.9 Å². The van der Waals surface area contributed by atoms with Crippen molar-refractivity contribution >= 4 is 0 Å². The molecule has 0 fully saturated rings. The first-order chi connectivity index (χ1) is 9.71. The fourth-order valence-corrected chi connectivity index (χ4v) is 2.81. The van der Waals surface area contributed by atoms with Crippen LogP contribution in [0.25, 0.3) is 0 Å². The zero-order valence-corrected chi connectivity index (χ0v) is 13.9. The summed E-state index contributed by atoms with van der Waals surface area (Å²) in [7, 11) is 2.08. The molecule has 1 aromatic rings. The maximum Gasteiger partial charge on any atom is 0.0596 e. The second-order valence-electron chi connectivity index (χ2n) is 5.84. The van der Waals surface area contributed by atoms with Crippen molar-refractivity contribution in [2.75, 3.05) is 7.05 Å². The number of rotatable bonds is 11. The Morgan fingerprint density at radius 1 is 1.15 bits per heavy atom. The van der Waals surface area contributed by atoms with Crippen molar-refractivity contribution in [2.45, 2.75) is 84.7 Å². The summed E-state index contributed by atoms with van der Waals surface area (Å²) in [5.74, 6) is 0. The van der Waals surface area contributed by atoms with E-state index in [9.17, 15) is 0 Å². The number of hydrogen-bond acceptors (Lipinski definition) is 2. The predicted molar refractivity (Wildman–Crippen MR) is 87.2 cm³/mol. The largest absolute Gasteiger partial charge is 0.317 e. The van der Waals surface area contributed by atoms with Gasteiger partial charge in [0.1, 0.15) is 0 Å². The average molecular weight is 279 g/mol. The minimum atomic E-state index is 0.586. The van der Waals surface area contributed by atoms with Gasteiger partial charge in [0.2, 0.25) is 0 Å². The number of likely N-dealkylation sites (N-methyl/N-ethyl adjacent to an activating group) is 1. The minimum absolute atomic E-state index is 0.586. The van der Waals surface area contributed by atoms with Crippen LogP contribution in [0.3, 0.4) is 0 Å². The summed E-state index contributed by atoms with van der Waals surface area (Å²) >= 11 is 0. The van der Waals surface area contributed by atoms with Crippen molar-refractivity contribution in [3.05, 3.63) is 17.5 Å². The third kappa shape index (κ3) is 6.08. The number of nitrogens with zero attached hydrogens (tertiary/aromatic N) is 2. The quantitative estimate of drug-likeness (QED) is 0.618. The number of nitrogens with one attached hydrogen (secondary N) is 1. The van der Waals surface area contributed by atoms with E-state index in [1.54, 1.807) is 0 Å². The molecule has 0 saturated carbocycles. The fraction of sp³-hybridized carbons (Fsp3) is 0.824. The minimum Gasteiger partial charge on any atom is -0.317 e. The second kappa shape index (κ2) is 9.98. The van der Waals surface area contributed by atoms with Crippen LogP contribution in [0.2, 0.25) is 0 Å². The van der Waals surface area contributed by atoms with Gasteiger partial charge in [0, 0.05) is 24.7 Å². The van der Waals surface area contributed by atoms with Crippen LogP contribution in [0.15, 0.2) is 6.07 Å². The Morgan fingerprint density at radius 2 is 1.85 bits per heavy atom. The van der Waals surface area contributed by atoms with E-state index in [0.717, 1.165) is 18.7 Å². The lowest BCUT2D eigenvalue weighted by atomic mass is 10.0. The van der Waals surface area contributed by atoms with Gasteiger partial charge in [-0.15, -0.1) is 0 Å². The lowest BCUT2D eigenvalue weighted by Gasteiger charge is -2.16. The van der Waals surface area contributed by atoms with Crippen molar-refractivity contribution < 1.29 is 0 Å². The molecule has 0 radical (unpaired) electrons. The molecule has 0 amide bonds. The van der Waals surface area contributed by atoms with Crippen molar-refractivity contribution in [2.24, 2.45) is 0 Å². The van der Waals surface area contributed by atoms with Gasteiger partial charge >= 0.3 is 0 Å². The van der Waals surface area contributed by atoms with E-state index in [0.29, 0.717) is 6.04 Å². The standard InChI is InChI=1S/C17H33N3/c1-5-7-8-9-10-11-12-16(18-4)14-17-13-15(3)19-20(17)6-2/h13,16,18H,5-12,14H2,1-4H3. The van der Waals surface area contributed by atoms with Crippen LogP contribution in [0.4, 0.5) is 0 Å². The molecule has 116 valence electrons. The van der Waals surface area contributed by atoms with Crippen molar-refractivity contribution in [1.29, 1.82) is 0 Å². The lowest BCUT2D eigenvalue weighted by molar-refractivity contribution is 0.464. The van der Waals surface area contributed by atoms with Gasteiger partial charge in [-0.2, -0.15) is 5.10 Å². The Bertz CT molecular complexity index is 357. The van der Waals surface area contributed by atoms with Gasteiger partial charge in [0.25, 0.3) is 0 Å². The molecule has 1 heterocycles. The molecule has 0 saturated heterocycles. The van der Waals surface area contributed by atoms with Gasteiger partial charge in [-0.3, -0.25) is 4.68 Å². The summed E-state index contributed by atoms with van der Waals surface area (Å²) in [6, 6.07) is 2.82. The Morgan fingerprint density at radius 3 is 2.50 bits per heavy atom. The fourth-order valence-electron chi connectivity index (χ4n) is 2.81. The second-order valence-corrected chi connectivity index (χ2v) is 5.84. The number of aryl methyl sites for hydroxylation is 2. The van der Waals surface area contributed by atoms with Crippen LogP contribution in [0, 0.1) is 6.92 Å². The summed E-state index contributed by atoms with van der Waals surface area (Å²) < 4.78 is 2.14. The summed E-state index contributed by atoms with van der Waals surface area (Å²) in [5.41, 5.74) is 2.51. The molecule has 1 unspecified atom stereocenters. The van der Waals surface area contributed by atoms with Crippen LogP contribution in [-0.4, -0.2) is 22.9 Å². The SMILES string of the molecule is CCCCCCCCC(Cc1cc(C)nn1CC)NC. The molecule has 0 bridgehead atoms. The van der Waals surface area contributed by atoms with Gasteiger partial charge in [-0.25, -0.2) is 0 Å². The molecule has 3 nitrogen and oxygen atoms in total. The molecule has 1 N–H and O–H groups in total. The molecule has 0 aromatic carbocycles. The van der Waals surface area contributed by atoms with E-state index < -0.39 is 0 Å². The highest BCUT2D eigenvalue weighted by Crippen LogP contribution is 2.13. The third-order valence-electron chi connectivity index (χ3n) is 4.05. The highest BCUT2D eigenvalue weighted by Gasteiger charge is 2.11. The number of hydrogen-bond donors (Lipinski definition) is 1. The van der Waals surface area contributed by atoms with E-state index in [2.05, 4.69) is 49.0 Å². The first kappa shape index (κ1) is 17.2. The third-order valence-corrected chi connectivity index (χ3v) is 4.05. The molecule has 1 aromatic heterocycles. The molecular weight excluding hydrogens is 246 g/mol. The molecule has 20 heavy (non-hydrogen) atoms. The van der Waals surface area contributed by atoms with E-state index in [1.165, 1.54) is 50.6 Å². The molecule has 0 aliphatic carbocycles. The maximum absolute atomic E-state index is 4.54. The Balaban J connectivity index is 2.31. The molecule has 0 aliphatic heterocycles. The van der Waals surface area contributed by atoms with Crippen molar-refractivity contribution in [3.8, 4) is 0 Å². The van der Waals surface area contributed by atoms with Crippen LogP contribution in [-0.2, 0) is 13.0 Å². The van der Waals surface area contributed by atoms with Gasteiger partial charge in [-0.1, -0.05) is 45.4 Å². The number of aromatic nitrogens is 2. The first-order valence-electron chi connectivity index (χ1n) is 8.41. The molecule has 1 rings (SSSR count). The van der Waals surface area contributed by atoms with Gasteiger partial charge in [-0.05, 0) is 33.4 Å². The van der Waals surface area contributed by atoms with Crippen molar-refractivity contribution in [1.82, 2.24) is 15.1 Å². The monoisotopic (exact) mass is 279 g/mol. The Kier molecular flexibility index (Phi) is 8.59. The summed E-state index contributed by atoms with van der Waals surface area (Å²) in [4.78, 5) is 0. The lowest BCUT2D eigenvalue weighted by Crippen LogP contribution is -2.28. The zero-order chi connectivity index (χ0) is 14.8. The van der Waals surface area contributed by atoms with E-state index >= 15 is 0 Å². The van der Waals surface area contributed by atoms with Crippen LogP contribution in [0.5, 0.6) is 0 Å². The first-order valence-corrected chi connectivity index (χ1v) is 8.41. The van der Waals surface area contributed by atoms with Crippen LogP contribution >= 0.6 is 0 Å². The normalized spacial score (nSPS) is 12.8. The van der Waals surface area contributed by atoms with Crippen molar-refractivity contribution in [3.63, 3.8) is 0 Å². The zero-order valence-electron chi connectivity index (χ0n) is 13.9. The highest BCUT2D eigenvalue weighted by molar-refractivity contribution is 5.10. The maximum atomic E-state index is 4.54. The molecule has 0 aliphatic rings. The summed E-state index contributed by atoms with van der Waals surface area (Å²) in [6.07, 6.45) is 10.6. The van der Waals surface area contributed by atoms with Gasteiger partial charge < -0.3 is 5.32 Å². The number of unbranched alkanes of at least 4 members (excludes halogenated alkanes) is 5. The van der Waals surface area contributed by atoms with E-state index in [-0.39, 0.29) is 0 Å². The van der Waals surface area contributed by atoms with Gasteiger partial charge in [0.15, 0.2) is 0 Å². The molecule has 0 spiro atoms. The van der Waals surface area contributed by atoms with Crippen LogP contribution in [0.1, 0.15) is 70.2 Å². The van der Waals surface area contributed by atoms with E-state index in [4.69, 9.17) is 0 Å². The molecule has 1 atom stereocenters. The predicted octanol–water partition coefficient (Wildman–Crippen LogP) is 4.09. The Hall–Kier alpha value is -0.830. The Labute approximate surface area is 125 Å². The highest BCUT2D eigenvalue weighted by atomic mass is 15.3. The van der Waals surface area contributed by atoms with E-state index in [1.807, 2.05) is 0 Å². The molecule has 3 heteroatoms. The molecular formula is C17H33N3. The van der Waals surface area contributed by atoms with Gasteiger partial charge in [0.05, 0.1) is 5.69 Å². The summed E-state index contributed by atoms with van der Waals surface area (Å²) in [6.45, 7) is 7.49. The average Bonchev–Trinajstić information content (AvgIpc) is 2.81. The smallest absolute Gasteiger partial charge is 0.0596 e. The van der Waals surface area contributed by atoms with Crippen LogP contribution < -0.4 is 5.32 Å². The summed E-state index contributed by atoms with van der Waals surface area (Å²) in [5, 5.41) is 8.01.